The fourth-order valence-corrected chi connectivity index (χ4v) is 3.64. The van der Waals surface area contributed by atoms with E-state index < -0.39 is 0 Å². The number of carbonyl (C=O) groups is 2. The Kier molecular flexibility index (Phi) is 5.02. The summed E-state index contributed by atoms with van der Waals surface area (Å²) < 4.78 is 2.12. The van der Waals surface area contributed by atoms with Crippen molar-refractivity contribution >= 4 is 28.5 Å². The van der Waals surface area contributed by atoms with Crippen LogP contribution < -0.4 is 15.5 Å². The largest absolute Gasteiger partial charge is 0.346 e. The third-order valence-electron chi connectivity index (χ3n) is 5.12. The highest BCUT2D eigenvalue weighted by molar-refractivity contribution is 5.96. The van der Waals surface area contributed by atoms with Gasteiger partial charge in [-0.25, -0.2) is 4.79 Å². The number of carbonyl (C=O) groups excluding carboxylic acids is 2. The van der Waals surface area contributed by atoms with Crippen LogP contribution in [0.1, 0.15) is 12.0 Å². The molecule has 28 heavy (non-hydrogen) atoms. The van der Waals surface area contributed by atoms with Crippen molar-refractivity contribution < 1.29 is 9.59 Å². The Morgan fingerprint density at radius 1 is 1.11 bits per heavy atom. The van der Waals surface area contributed by atoms with Gasteiger partial charge in [-0.3, -0.25) is 4.79 Å². The average molecular weight is 376 g/mol. The molecule has 6 heteroatoms. The summed E-state index contributed by atoms with van der Waals surface area (Å²) in [4.78, 5) is 26.3. The zero-order valence-corrected chi connectivity index (χ0v) is 15.9. The van der Waals surface area contributed by atoms with Crippen LogP contribution in [0.4, 0.5) is 10.5 Å². The number of para-hydroxylation sites is 1. The van der Waals surface area contributed by atoms with Gasteiger partial charge in [0.15, 0.2) is 0 Å². The lowest BCUT2D eigenvalue weighted by Crippen LogP contribution is -2.44. The van der Waals surface area contributed by atoms with Crippen LogP contribution in [-0.2, 0) is 11.3 Å². The van der Waals surface area contributed by atoms with Crippen LogP contribution in [0.15, 0.2) is 60.8 Å². The molecule has 0 unspecified atom stereocenters. The van der Waals surface area contributed by atoms with Crippen LogP contribution in [-0.4, -0.2) is 35.6 Å². The van der Waals surface area contributed by atoms with Gasteiger partial charge in [0.1, 0.15) is 0 Å². The van der Waals surface area contributed by atoms with Crippen molar-refractivity contribution in [1.82, 2.24) is 15.2 Å². The summed E-state index contributed by atoms with van der Waals surface area (Å²) in [7, 11) is 0. The second-order valence-electron chi connectivity index (χ2n) is 7.21. The molecule has 144 valence electrons. The number of aromatic nitrogens is 1. The predicted octanol–water partition coefficient (Wildman–Crippen LogP) is 3.05. The first-order valence-corrected chi connectivity index (χ1v) is 9.55. The summed E-state index contributed by atoms with van der Waals surface area (Å²) in [6, 6.07) is 17.7. The second kappa shape index (κ2) is 7.76. The molecule has 0 radical (unpaired) electrons. The molecule has 1 saturated heterocycles. The smallest absolute Gasteiger partial charge is 0.315 e. The second-order valence-corrected chi connectivity index (χ2v) is 7.21. The zero-order valence-electron chi connectivity index (χ0n) is 15.9. The molecule has 0 saturated carbocycles. The van der Waals surface area contributed by atoms with Crippen molar-refractivity contribution in [3.63, 3.8) is 0 Å². The lowest BCUT2D eigenvalue weighted by atomic mass is 10.2. The molecule has 0 bridgehead atoms. The van der Waals surface area contributed by atoms with Gasteiger partial charge in [0.25, 0.3) is 0 Å². The minimum Gasteiger partial charge on any atom is -0.346 e. The van der Waals surface area contributed by atoms with Crippen molar-refractivity contribution in [3.05, 3.63) is 66.4 Å². The van der Waals surface area contributed by atoms with Gasteiger partial charge in [0.05, 0.1) is 6.04 Å². The Morgan fingerprint density at radius 2 is 1.89 bits per heavy atom. The van der Waals surface area contributed by atoms with E-state index in [1.165, 1.54) is 5.39 Å². The fraction of sp³-hybridized carbons (Fsp3) is 0.273. The highest BCUT2D eigenvalue weighted by Gasteiger charge is 2.31. The number of urea groups is 1. The summed E-state index contributed by atoms with van der Waals surface area (Å²) >= 11 is 0. The van der Waals surface area contributed by atoms with Crippen molar-refractivity contribution in [2.75, 3.05) is 18.0 Å². The van der Waals surface area contributed by atoms with E-state index in [1.54, 1.807) is 4.90 Å². The van der Waals surface area contributed by atoms with Crippen LogP contribution in [0, 0.1) is 6.92 Å². The standard InChI is InChI=1S/C22H24N4O2/c1-16-6-8-19(9-7-16)26-15-18(14-21(26)27)24-22(28)23-11-13-25-12-10-17-4-2-3-5-20(17)25/h2-10,12,18H,11,13-15H2,1H3,(H2,23,24,28)/t18-/m0/s1. The van der Waals surface area contributed by atoms with Gasteiger partial charge in [0.2, 0.25) is 5.91 Å². The molecular weight excluding hydrogens is 352 g/mol. The summed E-state index contributed by atoms with van der Waals surface area (Å²) in [6.45, 7) is 3.73. The molecule has 1 aliphatic heterocycles. The maximum absolute atomic E-state index is 12.3. The van der Waals surface area contributed by atoms with E-state index in [4.69, 9.17) is 0 Å². The van der Waals surface area contributed by atoms with Crippen LogP contribution in [0.3, 0.4) is 0 Å². The quantitative estimate of drug-likeness (QED) is 0.719. The van der Waals surface area contributed by atoms with Crippen molar-refractivity contribution in [1.29, 1.82) is 0 Å². The lowest BCUT2D eigenvalue weighted by Gasteiger charge is -2.17. The number of rotatable bonds is 5. The van der Waals surface area contributed by atoms with E-state index in [2.05, 4.69) is 33.4 Å². The number of anilines is 1. The first-order valence-electron chi connectivity index (χ1n) is 9.55. The minimum absolute atomic E-state index is 0.0352. The number of fused-ring (bicyclic) bond motifs is 1. The van der Waals surface area contributed by atoms with Gasteiger partial charge in [-0.1, -0.05) is 35.9 Å². The molecule has 2 heterocycles. The van der Waals surface area contributed by atoms with Gasteiger partial charge >= 0.3 is 6.03 Å². The molecule has 6 nitrogen and oxygen atoms in total. The first kappa shape index (κ1) is 18.1. The number of nitrogens with zero attached hydrogens (tertiary/aromatic N) is 2. The Hall–Kier alpha value is -3.28. The highest BCUT2D eigenvalue weighted by Crippen LogP contribution is 2.22. The first-order chi connectivity index (χ1) is 13.6. The average Bonchev–Trinajstić information content (AvgIpc) is 3.26. The molecule has 4 rings (SSSR count). The van der Waals surface area contributed by atoms with Gasteiger partial charge in [-0.05, 0) is 36.6 Å². The van der Waals surface area contributed by atoms with E-state index in [9.17, 15) is 9.59 Å². The Morgan fingerprint density at radius 3 is 2.71 bits per heavy atom. The molecule has 3 amide bonds. The van der Waals surface area contributed by atoms with E-state index in [0.29, 0.717) is 26.1 Å². The summed E-state index contributed by atoms with van der Waals surface area (Å²) in [5, 5.41) is 6.99. The van der Waals surface area contributed by atoms with Crippen LogP contribution >= 0.6 is 0 Å². The zero-order chi connectivity index (χ0) is 19.5. The van der Waals surface area contributed by atoms with Crippen LogP contribution in [0.25, 0.3) is 10.9 Å². The molecule has 3 aromatic rings. The third kappa shape index (κ3) is 3.86. The molecular formula is C22H24N4O2. The number of aryl methyl sites for hydroxylation is 1. The topological polar surface area (TPSA) is 66.4 Å². The van der Waals surface area contributed by atoms with Crippen molar-refractivity contribution in [2.45, 2.75) is 25.9 Å². The van der Waals surface area contributed by atoms with E-state index in [1.807, 2.05) is 49.5 Å². The summed E-state index contributed by atoms with van der Waals surface area (Å²) in [5.41, 5.74) is 3.18. The number of amides is 3. The van der Waals surface area contributed by atoms with E-state index >= 15 is 0 Å². The summed E-state index contributed by atoms with van der Waals surface area (Å²) in [6.07, 6.45) is 2.35. The molecule has 1 aromatic heterocycles. The molecule has 1 fully saturated rings. The maximum atomic E-state index is 12.3. The monoisotopic (exact) mass is 376 g/mol. The molecule has 2 aromatic carbocycles. The highest BCUT2D eigenvalue weighted by atomic mass is 16.2. The number of hydrogen-bond acceptors (Lipinski definition) is 2. The lowest BCUT2D eigenvalue weighted by molar-refractivity contribution is -0.117. The van der Waals surface area contributed by atoms with E-state index in [0.717, 1.165) is 16.8 Å². The molecule has 1 aliphatic rings. The van der Waals surface area contributed by atoms with Gasteiger partial charge in [-0.15, -0.1) is 0 Å². The summed E-state index contributed by atoms with van der Waals surface area (Å²) in [5.74, 6) is 0.0352. The van der Waals surface area contributed by atoms with Gasteiger partial charge in [-0.2, -0.15) is 0 Å². The SMILES string of the molecule is Cc1ccc(N2C[C@@H](NC(=O)NCCn3ccc4ccccc43)CC2=O)cc1. The predicted molar refractivity (Wildman–Crippen MR) is 110 cm³/mol. The van der Waals surface area contributed by atoms with Crippen LogP contribution in [0.2, 0.25) is 0 Å². The molecule has 0 spiro atoms. The Labute approximate surface area is 164 Å². The van der Waals surface area contributed by atoms with Gasteiger partial charge in [0, 0.05) is 43.5 Å². The normalized spacial score (nSPS) is 16.5. The molecule has 2 N–H and O–H groups in total. The maximum Gasteiger partial charge on any atom is 0.315 e. The number of hydrogen-bond donors (Lipinski definition) is 2. The van der Waals surface area contributed by atoms with Crippen molar-refractivity contribution in [3.8, 4) is 0 Å². The molecule has 0 aliphatic carbocycles. The minimum atomic E-state index is -0.236. The van der Waals surface area contributed by atoms with E-state index in [-0.39, 0.29) is 18.0 Å². The van der Waals surface area contributed by atoms with Crippen molar-refractivity contribution in [2.24, 2.45) is 0 Å². The third-order valence-corrected chi connectivity index (χ3v) is 5.12. The number of nitrogens with one attached hydrogen (secondary N) is 2. The molecule has 1 atom stereocenters. The number of benzene rings is 2. The van der Waals surface area contributed by atoms with Crippen LogP contribution in [0.5, 0.6) is 0 Å². The fourth-order valence-electron chi connectivity index (χ4n) is 3.64. The Balaban J connectivity index is 1.27. The Bertz CT molecular complexity index is 993. The van der Waals surface area contributed by atoms with Gasteiger partial charge < -0.3 is 20.1 Å².